The van der Waals surface area contributed by atoms with E-state index in [4.69, 9.17) is 9.05 Å². The van der Waals surface area contributed by atoms with Crippen LogP contribution in [-0.2, 0) is 18.4 Å². The molecule has 0 heterocycles. The molecule has 0 aliphatic carbocycles. The van der Waals surface area contributed by atoms with E-state index < -0.39 is 26.6 Å². The van der Waals surface area contributed by atoms with Crippen molar-refractivity contribution >= 4 is 13.7 Å². The third-order valence-corrected chi connectivity index (χ3v) is 9.70. The normalized spacial score (nSPS) is 15.0. The van der Waals surface area contributed by atoms with Crippen molar-refractivity contribution in [1.29, 1.82) is 0 Å². The van der Waals surface area contributed by atoms with Crippen molar-refractivity contribution < 1.29 is 32.9 Å². The molecule has 3 unspecified atom stereocenters. The van der Waals surface area contributed by atoms with E-state index in [1.165, 1.54) is 96.3 Å². The van der Waals surface area contributed by atoms with Gasteiger partial charge in [0.25, 0.3) is 7.82 Å². The number of hydrogen-bond acceptors (Lipinski definition) is 6. The van der Waals surface area contributed by atoms with Gasteiger partial charge in [-0.15, -0.1) is 0 Å². The van der Waals surface area contributed by atoms with E-state index in [1.54, 1.807) is 6.08 Å². The van der Waals surface area contributed by atoms with Gasteiger partial charge in [-0.25, -0.2) is 0 Å². The second-order valence-corrected chi connectivity index (χ2v) is 16.4. The zero-order valence-electron chi connectivity index (χ0n) is 33.5. The van der Waals surface area contributed by atoms with Gasteiger partial charge >= 0.3 is 0 Å². The standard InChI is InChI=1S/C42H79N2O6P/c1-6-8-10-12-14-16-17-18-19-20-21-22-23-24-25-26-28-29-31-33-35-41(45)40(39-50-51(47,48)49-38-37-44(3,4)5)43-42(46)36-34-32-30-27-15-13-11-9-7-2/h22-23,26-28,30,33,35,40-41,45H,6-21,24-25,29,31-32,34,36-39H2,1-5H3,(H-,43,46,47,48)/b23-22+,28-26+,30-27-,35-33+. The Morgan fingerprint density at radius 3 is 1.61 bits per heavy atom. The maximum atomic E-state index is 12.7. The summed E-state index contributed by atoms with van der Waals surface area (Å²) in [5, 5.41) is 13.6. The highest BCUT2D eigenvalue weighted by Gasteiger charge is 2.23. The fourth-order valence-corrected chi connectivity index (χ4v) is 6.14. The van der Waals surface area contributed by atoms with E-state index in [0.717, 1.165) is 38.5 Å². The van der Waals surface area contributed by atoms with Gasteiger partial charge in [0.15, 0.2) is 0 Å². The molecule has 1 amide bonds. The summed E-state index contributed by atoms with van der Waals surface area (Å²) in [7, 11) is 1.21. The van der Waals surface area contributed by atoms with Crippen LogP contribution >= 0.6 is 7.82 Å². The maximum Gasteiger partial charge on any atom is 0.268 e. The van der Waals surface area contributed by atoms with Gasteiger partial charge in [0.05, 0.1) is 39.9 Å². The average Bonchev–Trinajstić information content (AvgIpc) is 3.07. The first-order valence-corrected chi connectivity index (χ1v) is 22.0. The molecule has 3 atom stereocenters. The van der Waals surface area contributed by atoms with Crippen LogP contribution in [0.25, 0.3) is 0 Å². The van der Waals surface area contributed by atoms with E-state index in [2.05, 4.69) is 55.6 Å². The second kappa shape index (κ2) is 34.2. The van der Waals surface area contributed by atoms with Crippen LogP contribution in [0.4, 0.5) is 0 Å². The van der Waals surface area contributed by atoms with Crippen LogP contribution in [0, 0.1) is 0 Å². The molecule has 0 spiro atoms. The third kappa shape index (κ3) is 36.6. The predicted octanol–water partition coefficient (Wildman–Crippen LogP) is 10.3. The summed E-state index contributed by atoms with van der Waals surface area (Å²) in [6.45, 7) is 4.53. The van der Waals surface area contributed by atoms with Crippen LogP contribution in [0.5, 0.6) is 0 Å². The Hall–Kier alpha value is -1.54. The number of amides is 1. The van der Waals surface area contributed by atoms with E-state index in [0.29, 0.717) is 17.4 Å². The molecule has 0 aliphatic rings. The lowest BCUT2D eigenvalue weighted by molar-refractivity contribution is -0.870. The topological polar surface area (TPSA) is 108 Å². The molecule has 0 saturated carbocycles. The fraction of sp³-hybridized carbons (Fsp3) is 0.786. The Morgan fingerprint density at radius 1 is 0.667 bits per heavy atom. The average molecular weight is 739 g/mol. The highest BCUT2D eigenvalue weighted by atomic mass is 31.2. The first-order valence-electron chi connectivity index (χ1n) is 20.5. The number of nitrogens with one attached hydrogen (secondary N) is 1. The number of carbonyl (C=O) groups is 1. The number of aliphatic hydroxyl groups excluding tert-OH is 1. The lowest BCUT2D eigenvalue weighted by Crippen LogP contribution is -2.45. The quantitative estimate of drug-likeness (QED) is 0.0287. The Labute approximate surface area is 314 Å². The molecular weight excluding hydrogens is 659 g/mol. The number of likely N-dealkylation sites (N-methyl/N-ethyl adjacent to an activating group) is 1. The highest BCUT2D eigenvalue weighted by molar-refractivity contribution is 7.45. The molecule has 298 valence electrons. The zero-order chi connectivity index (χ0) is 37.9. The molecule has 8 nitrogen and oxygen atoms in total. The number of allylic oxidation sites excluding steroid dienone is 7. The maximum absolute atomic E-state index is 12.7. The molecule has 0 aromatic rings. The number of phosphoric ester groups is 1. The summed E-state index contributed by atoms with van der Waals surface area (Å²) < 4.78 is 23.0. The van der Waals surface area contributed by atoms with Gasteiger partial charge in [-0.1, -0.05) is 140 Å². The highest BCUT2D eigenvalue weighted by Crippen LogP contribution is 2.38. The smallest absolute Gasteiger partial charge is 0.268 e. The molecule has 0 aliphatic heterocycles. The van der Waals surface area contributed by atoms with Crippen LogP contribution in [0.1, 0.15) is 162 Å². The zero-order valence-corrected chi connectivity index (χ0v) is 34.4. The van der Waals surface area contributed by atoms with E-state index in [9.17, 15) is 19.4 Å². The van der Waals surface area contributed by atoms with Gasteiger partial charge in [0.1, 0.15) is 13.2 Å². The fourth-order valence-electron chi connectivity index (χ4n) is 5.42. The molecule has 0 fully saturated rings. The summed E-state index contributed by atoms with van der Waals surface area (Å²) in [6, 6.07) is -0.922. The van der Waals surface area contributed by atoms with E-state index in [-0.39, 0.29) is 18.9 Å². The van der Waals surface area contributed by atoms with Gasteiger partial charge in [-0.2, -0.15) is 0 Å². The predicted molar refractivity (Wildman–Crippen MR) is 214 cm³/mol. The summed E-state index contributed by atoms with van der Waals surface area (Å²) in [4.78, 5) is 25.1. The van der Waals surface area contributed by atoms with Crippen molar-refractivity contribution in [2.75, 3.05) is 40.9 Å². The molecule has 51 heavy (non-hydrogen) atoms. The lowest BCUT2D eigenvalue weighted by Gasteiger charge is -2.29. The number of carbonyl (C=O) groups excluding carboxylic acids is 1. The van der Waals surface area contributed by atoms with E-state index in [1.807, 2.05) is 27.2 Å². The molecular formula is C42H79N2O6P. The minimum Gasteiger partial charge on any atom is -0.756 e. The van der Waals surface area contributed by atoms with Gasteiger partial charge in [0, 0.05) is 6.42 Å². The molecule has 0 radical (unpaired) electrons. The van der Waals surface area contributed by atoms with Gasteiger partial charge < -0.3 is 28.8 Å². The van der Waals surface area contributed by atoms with Crippen molar-refractivity contribution in [2.24, 2.45) is 0 Å². The van der Waals surface area contributed by atoms with Crippen LogP contribution in [0.2, 0.25) is 0 Å². The number of hydrogen-bond donors (Lipinski definition) is 2. The number of nitrogens with zero attached hydrogens (tertiary/aromatic N) is 1. The molecule has 0 saturated heterocycles. The van der Waals surface area contributed by atoms with E-state index >= 15 is 0 Å². The van der Waals surface area contributed by atoms with Crippen LogP contribution in [0.15, 0.2) is 48.6 Å². The molecule has 2 N–H and O–H groups in total. The number of aliphatic hydroxyl groups is 1. The molecule has 9 heteroatoms. The van der Waals surface area contributed by atoms with Crippen LogP contribution in [0.3, 0.4) is 0 Å². The Morgan fingerprint density at radius 2 is 1.10 bits per heavy atom. The number of rotatable bonds is 36. The van der Waals surface area contributed by atoms with Crippen molar-refractivity contribution in [3.63, 3.8) is 0 Å². The van der Waals surface area contributed by atoms with Gasteiger partial charge in [-0.3, -0.25) is 9.36 Å². The molecule has 0 bridgehead atoms. The number of phosphoric acid groups is 1. The first-order chi connectivity index (χ1) is 24.5. The molecule has 0 aromatic heterocycles. The summed E-state index contributed by atoms with van der Waals surface area (Å²) in [5.41, 5.74) is 0. The first kappa shape index (κ1) is 49.5. The Kier molecular flexibility index (Phi) is 33.2. The largest absolute Gasteiger partial charge is 0.756 e. The third-order valence-electron chi connectivity index (χ3n) is 8.74. The van der Waals surface area contributed by atoms with Crippen molar-refractivity contribution in [3.8, 4) is 0 Å². The van der Waals surface area contributed by atoms with Gasteiger partial charge in [0.2, 0.25) is 5.91 Å². The Balaban J connectivity index is 4.52. The Bertz CT molecular complexity index is 975. The summed E-state index contributed by atoms with van der Waals surface area (Å²) in [5.74, 6) is -0.250. The van der Waals surface area contributed by atoms with Crippen molar-refractivity contribution in [1.82, 2.24) is 5.32 Å². The van der Waals surface area contributed by atoms with Crippen molar-refractivity contribution in [2.45, 2.75) is 174 Å². The minimum absolute atomic E-state index is 0.0148. The molecule has 0 aromatic carbocycles. The number of quaternary nitrogens is 1. The minimum atomic E-state index is -4.60. The van der Waals surface area contributed by atoms with Crippen molar-refractivity contribution in [3.05, 3.63) is 48.6 Å². The SMILES string of the molecule is CCCCCC/C=C\CCCC(=O)NC(COP(=O)([O-])OCC[N+](C)(C)C)C(O)/C=C/CC/C=C/CC/C=C/CCCCCCCCCCCC. The van der Waals surface area contributed by atoms with Crippen LogP contribution in [-0.4, -0.2) is 68.5 Å². The second-order valence-electron chi connectivity index (χ2n) is 15.0. The summed E-state index contributed by atoms with van der Waals surface area (Å²) in [6.07, 6.45) is 41.8. The lowest BCUT2D eigenvalue weighted by atomic mass is 10.1. The monoisotopic (exact) mass is 739 g/mol. The molecule has 0 rings (SSSR count). The number of unbranched alkanes of at least 4 members (excludes halogenated alkanes) is 17. The van der Waals surface area contributed by atoms with Gasteiger partial charge in [-0.05, 0) is 64.2 Å². The van der Waals surface area contributed by atoms with Crippen LogP contribution < -0.4 is 10.2 Å². The summed E-state index contributed by atoms with van der Waals surface area (Å²) >= 11 is 0.